The van der Waals surface area contributed by atoms with Crippen molar-refractivity contribution in [2.24, 2.45) is 0 Å². The normalized spacial score (nSPS) is 10.9. The molecule has 2 heterocycles. The number of nitrogens with one attached hydrogen (secondary N) is 1. The second-order valence-corrected chi connectivity index (χ2v) is 7.64. The van der Waals surface area contributed by atoms with Crippen molar-refractivity contribution in [2.45, 2.75) is 0 Å². The molecule has 0 radical (unpaired) electrons. The van der Waals surface area contributed by atoms with Gasteiger partial charge in [-0.15, -0.1) is 4.80 Å². The van der Waals surface area contributed by atoms with Crippen molar-refractivity contribution in [1.29, 1.82) is 0 Å². The number of nitrogens with zero attached hydrogens (tertiary/aromatic N) is 4. The summed E-state index contributed by atoms with van der Waals surface area (Å²) in [5.41, 5.74) is 0.303. The molecule has 174 valence electrons. The first-order valence-electron chi connectivity index (χ1n) is 9.73. The average Bonchev–Trinajstić information content (AvgIpc) is 3.34. The molecular weight excluding hydrogens is 491 g/mol. The fraction of sp³-hybridized carbons (Fsp3) is 0.0909. The van der Waals surface area contributed by atoms with Gasteiger partial charge < -0.3 is 15.2 Å². The van der Waals surface area contributed by atoms with Crippen LogP contribution < -0.4 is 10.1 Å². The summed E-state index contributed by atoms with van der Waals surface area (Å²) in [5, 5.41) is 19.5. The molecule has 1 amide bonds. The van der Waals surface area contributed by atoms with E-state index >= 15 is 4.39 Å². The zero-order valence-corrected chi connectivity index (χ0v) is 18.7. The van der Waals surface area contributed by atoms with Crippen LogP contribution in [-0.2, 0) is 0 Å². The van der Waals surface area contributed by atoms with Gasteiger partial charge in [0.25, 0.3) is 5.91 Å². The van der Waals surface area contributed by atoms with E-state index < -0.39 is 17.5 Å². The van der Waals surface area contributed by atoms with Crippen molar-refractivity contribution < 1.29 is 23.4 Å². The van der Waals surface area contributed by atoms with Gasteiger partial charge >= 0.3 is 0 Å². The molecule has 0 aliphatic rings. The van der Waals surface area contributed by atoms with E-state index in [1.54, 1.807) is 0 Å². The number of anilines is 1. The number of benzene rings is 2. The van der Waals surface area contributed by atoms with Crippen LogP contribution in [0.3, 0.4) is 0 Å². The standard InChI is InChI=1S/C22H15Cl2F2N5O3/c23-17-9-15(14-2-1-12(25)7-20(14)34-6-5-32)19(26)10-16(17)22(33)30-13-8-18(24)21(27-11-13)31-28-3-4-29-31/h1-4,7-11,32H,5-6H2,(H,30,33). The molecular formula is C22H15Cl2F2N5O3. The number of pyridine rings is 1. The number of aromatic nitrogens is 4. The number of hydrogen-bond donors (Lipinski definition) is 2. The number of halogens is 4. The third kappa shape index (κ3) is 4.98. The second-order valence-electron chi connectivity index (χ2n) is 6.83. The summed E-state index contributed by atoms with van der Waals surface area (Å²) >= 11 is 12.5. The Kier molecular flexibility index (Phi) is 7.01. The van der Waals surface area contributed by atoms with E-state index in [9.17, 15) is 9.18 Å². The molecule has 4 rings (SSSR count). The van der Waals surface area contributed by atoms with Crippen LogP contribution in [0.25, 0.3) is 16.9 Å². The smallest absolute Gasteiger partial charge is 0.257 e. The van der Waals surface area contributed by atoms with Gasteiger partial charge in [-0.05, 0) is 30.3 Å². The van der Waals surface area contributed by atoms with Crippen LogP contribution in [0, 0.1) is 11.6 Å². The minimum atomic E-state index is -0.786. The van der Waals surface area contributed by atoms with E-state index in [1.807, 2.05) is 0 Å². The van der Waals surface area contributed by atoms with Crippen molar-refractivity contribution >= 4 is 34.8 Å². The van der Waals surface area contributed by atoms with Gasteiger partial charge in [0.2, 0.25) is 0 Å². The molecule has 12 heteroatoms. The number of rotatable bonds is 7. The fourth-order valence-electron chi connectivity index (χ4n) is 3.09. The van der Waals surface area contributed by atoms with Crippen LogP contribution >= 0.6 is 23.2 Å². The molecule has 0 bridgehead atoms. The van der Waals surface area contributed by atoms with Gasteiger partial charge in [0.1, 0.15) is 24.0 Å². The summed E-state index contributed by atoms with van der Waals surface area (Å²) < 4.78 is 34.0. The Labute approximate surface area is 201 Å². The lowest BCUT2D eigenvalue weighted by molar-refractivity contribution is 0.102. The van der Waals surface area contributed by atoms with Crippen molar-refractivity contribution in [2.75, 3.05) is 18.5 Å². The van der Waals surface area contributed by atoms with Crippen molar-refractivity contribution in [1.82, 2.24) is 20.0 Å². The first-order valence-corrected chi connectivity index (χ1v) is 10.5. The first-order chi connectivity index (χ1) is 16.4. The van der Waals surface area contributed by atoms with E-state index in [0.717, 1.165) is 18.2 Å². The summed E-state index contributed by atoms with van der Waals surface area (Å²) in [5.74, 6) is -1.80. The minimum Gasteiger partial charge on any atom is -0.490 e. The van der Waals surface area contributed by atoms with Crippen molar-refractivity contribution in [3.8, 4) is 22.7 Å². The molecule has 0 saturated carbocycles. The Hall–Kier alpha value is -3.60. The lowest BCUT2D eigenvalue weighted by Crippen LogP contribution is -2.14. The van der Waals surface area contributed by atoms with E-state index in [2.05, 4.69) is 20.5 Å². The van der Waals surface area contributed by atoms with Gasteiger partial charge in [0.15, 0.2) is 5.82 Å². The lowest BCUT2D eigenvalue weighted by Gasteiger charge is -2.14. The van der Waals surface area contributed by atoms with Crippen molar-refractivity contribution in [3.63, 3.8) is 0 Å². The number of aliphatic hydroxyl groups is 1. The number of hydrogen-bond acceptors (Lipinski definition) is 6. The molecule has 0 unspecified atom stereocenters. The van der Waals surface area contributed by atoms with E-state index in [4.69, 9.17) is 33.0 Å². The van der Waals surface area contributed by atoms with Gasteiger partial charge in [-0.1, -0.05) is 23.2 Å². The Bertz CT molecular complexity index is 1350. The molecule has 2 aromatic heterocycles. The van der Waals surface area contributed by atoms with E-state index in [0.29, 0.717) is 0 Å². The molecule has 0 saturated heterocycles. The highest BCUT2D eigenvalue weighted by Gasteiger charge is 2.19. The molecule has 0 spiro atoms. The summed E-state index contributed by atoms with van der Waals surface area (Å²) in [6.07, 6.45) is 4.26. The van der Waals surface area contributed by atoms with Crippen LogP contribution in [0.5, 0.6) is 5.75 Å². The Balaban J connectivity index is 1.60. The van der Waals surface area contributed by atoms with Crippen LogP contribution in [-0.4, -0.2) is 44.2 Å². The maximum absolute atomic E-state index is 15.0. The third-order valence-electron chi connectivity index (χ3n) is 4.57. The molecule has 4 aromatic rings. The van der Waals surface area contributed by atoms with Gasteiger partial charge in [0.05, 0.1) is 46.5 Å². The highest BCUT2D eigenvalue weighted by atomic mass is 35.5. The maximum atomic E-state index is 15.0. The molecule has 2 N–H and O–H groups in total. The Morgan fingerprint density at radius 3 is 2.53 bits per heavy atom. The monoisotopic (exact) mass is 505 g/mol. The quantitative estimate of drug-likeness (QED) is 0.382. The number of ether oxygens (including phenoxy) is 1. The largest absolute Gasteiger partial charge is 0.490 e. The number of carbonyl (C=O) groups excluding carboxylic acids is 1. The summed E-state index contributed by atoms with van der Waals surface area (Å²) in [4.78, 5) is 18.1. The van der Waals surface area contributed by atoms with Gasteiger partial charge in [-0.2, -0.15) is 10.2 Å². The summed E-state index contributed by atoms with van der Waals surface area (Å²) in [6.45, 7) is -0.422. The number of amides is 1. The second kappa shape index (κ2) is 10.1. The zero-order valence-electron chi connectivity index (χ0n) is 17.2. The highest BCUT2D eigenvalue weighted by molar-refractivity contribution is 6.35. The molecule has 34 heavy (non-hydrogen) atoms. The Morgan fingerprint density at radius 1 is 1.06 bits per heavy atom. The van der Waals surface area contributed by atoms with Crippen LogP contribution in [0.4, 0.5) is 14.5 Å². The third-order valence-corrected chi connectivity index (χ3v) is 5.16. The number of aliphatic hydroxyl groups excluding tert-OH is 1. The molecule has 0 aliphatic carbocycles. The molecule has 2 aromatic carbocycles. The molecule has 0 atom stereocenters. The minimum absolute atomic E-state index is 0.00437. The maximum Gasteiger partial charge on any atom is 0.257 e. The predicted molar refractivity (Wildman–Crippen MR) is 122 cm³/mol. The van der Waals surface area contributed by atoms with Gasteiger partial charge in [-0.25, -0.2) is 13.8 Å². The zero-order chi connectivity index (χ0) is 24.2. The first kappa shape index (κ1) is 23.6. The topological polar surface area (TPSA) is 102 Å². The highest BCUT2D eigenvalue weighted by Crippen LogP contribution is 2.35. The fourth-order valence-corrected chi connectivity index (χ4v) is 3.58. The Morgan fingerprint density at radius 2 is 1.82 bits per heavy atom. The van der Waals surface area contributed by atoms with Crippen molar-refractivity contribution in [3.05, 3.63) is 82.2 Å². The van der Waals surface area contributed by atoms with Crippen LogP contribution in [0.2, 0.25) is 10.0 Å². The molecule has 0 fully saturated rings. The van der Waals surface area contributed by atoms with Crippen LogP contribution in [0.15, 0.2) is 55.0 Å². The summed E-state index contributed by atoms with van der Waals surface area (Å²) in [7, 11) is 0. The number of carbonyl (C=O) groups is 1. The summed E-state index contributed by atoms with van der Waals surface area (Å²) in [6, 6.07) is 7.16. The molecule has 8 nitrogen and oxygen atoms in total. The van der Waals surface area contributed by atoms with Gasteiger partial charge in [-0.3, -0.25) is 4.79 Å². The SMILES string of the molecule is O=C(Nc1cnc(-n2nccn2)c(Cl)c1)c1cc(F)c(-c2ccc(F)cc2OCCO)cc1Cl. The van der Waals surface area contributed by atoms with Crippen LogP contribution in [0.1, 0.15) is 10.4 Å². The van der Waals surface area contributed by atoms with E-state index in [1.165, 1.54) is 41.6 Å². The average molecular weight is 506 g/mol. The van der Waals surface area contributed by atoms with Gasteiger partial charge in [0, 0.05) is 17.2 Å². The molecule has 0 aliphatic heterocycles. The lowest BCUT2D eigenvalue weighted by atomic mass is 10.0. The van der Waals surface area contributed by atoms with E-state index in [-0.39, 0.29) is 57.2 Å². The predicted octanol–water partition coefficient (Wildman–Crippen LogP) is 4.54.